The molecule has 132 valence electrons. The fourth-order valence-electron chi connectivity index (χ4n) is 2.56. The molecule has 1 aromatic heterocycles. The van der Waals surface area contributed by atoms with E-state index in [0.29, 0.717) is 17.0 Å². The highest BCUT2D eigenvalue weighted by atomic mass is 32.2. The van der Waals surface area contributed by atoms with Crippen molar-refractivity contribution in [3.05, 3.63) is 59.9 Å². The molecule has 0 fully saturated rings. The fraction of sp³-hybridized carbons (Fsp3) is 0.235. The maximum atomic E-state index is 13.1. The van der Waals surface area contributed by atoms with E-state index in [1.54, 1.807) is 6.08 Å². The van der Waals surface area contributed by atoms with E-state index >= 15 is 0 Å². The van der Waals surface area contributed by atoms with Gasteiger partial charge in [0.2, 0.25) is 0 Å². The first kappa shape index (κ1) is 17.5. The highest BCUT2D eigenvalue weighted by Crippen LogP contribution is 2.33. The van der Waals surface area contributed by atoms with E-state index in [1.165, 1.54) is 28.9 Å². The lowest BCUT2D eigenvalue weighted by atomic mass is 10.0. The van der Waals surface area contributed by atoms with E-state index in [-0.39, 0.29) is 4.90 Å². The van der Waals surface area contributed by atoms with Gasteiger partial charge >= 0.3 is 6.18 Å². The molecule has 0 aliphatic heterocycles. The number of aromatic nitrogens is 2. The third-order valence-corrected chi connectivity index (χ3v) is 4.93. The summed E-state index contributed by atoms with van der Waals surface area (Å²) in [5.41, 5.74) is 0.337. The van der Waals surface area contributed by atoms with Crippen molar-refractivity contribution in [1.29, 1.82) is 0 Å². The van der Waals surface area contributed by atoms with E-state index in [9.17, 15) is 21.6 Å². The number of sulfone groups is 1. The zero-order valence-electron chi connectivity index (χ0n) is 13.3. The van der Waals surface area contributed by atoms with Crippen LogP contribution in [0.4, 0.5) is 13.2 Å². The molecular weight excluding hydrogens is 353 g/mol. The second-order valence-corrected chi connectivity index (χ2v) is 7.75. The van der Waals surface area contributed by atoms with Crippen molar-refractivity contribution in [1.82, 2.24) is 9.78 Å². The third-order valence-electron chi connectivity index (χ3n) is 3.80. The molecule has 1 aliphatic carbocycles. The van der Waals surface area contributed by atoms with Crippen molar-refractivity contribution in [2.75, 3.05) is 6.26 Å². The van der Waals surface area contributed by atoms with Gasteiger partial charge in [-0.15, -0.1) is 0 Å². The average molecular weight is 368 g/mol. The first-order valence-electron chi connectivity index (χ1n) is 7.51. The predicted molar refractivity (Wildman–Crippen MR) is 88.0 cm³/mol. The van der Waals surface area contributed by atoms with Gasteiger partial charge in [0, 0.05) is 6.26 Å². The Labute approximate surface area is 143 Å². The smallest absolute Gasteiger partial charge is 0.233 e. The Bertz CT molecular complexity index is 953. The molecule has 8 heteroatoms. The quantitative estimate of drug-likeness (QED) is 0.822. The molecule has 0 saturated carbocycles. The Morgan fingerprint density at radius 2 is 1.80 bits per heavy atom. The fourth-order valence-corrected chi connectivity index (χ4v) is 3.19. The third kappa shape index (κ3) is 3.68. The molecule has 0 spiro atoms. The highest BCUT2D eigenvalue weighted by molar-refractivity contribution is 7.90. The Balaban J connectivity index is 2.12. The van der Waals surface area contributed by atoms with Crippen LogP contribution in [0.25, 0.3) is 11.3 Å². The maximum Gasteiger partial charge on any atom is 0.435 e. The van der Waals surface area contributed by atoms with Gasteiger partial charge in [-0.25, -0.2) is 13.1 Å². The number of rotatable bonds is 3. The van der Waals surface area contributed by atoms with E-state index in [2.05, 4.69) is 5.10 Å². The van der Waals surface area contributed by atoms with Gasteiger partial charge in [0.1, 0.15) is 0 Å². The summed E-state index contributed by atoms with van der Waals surface area (Å²) in [6.07, 6.45) is 3.61. The Hall–Kier alpha value is -2.35. The minimum Gasteiger partial charge on any atom is -0.233 e. The number of allylic oxidation sites excluding steroid dienone is 4. The van der Waals surface area contributed by atoms with Crippen LogP contribution < -0.4 is 0 Å². The molecule has 0 N–H and O–H groups in total. The molecule has 0 atom stereocenters. The van der Waals surface area contributed by atoms with Crippen molar-refractivity contribution >= 4 is 15.4 Å². The molecule has 0 saturated heterocycles. The Morgan fingerprint density at radius 1 is 1.12 bits per heavy atom. The standard InChI is InChI=1S/C17H15F3N2O2S/c1-25(23,24)14-9-7-13(8-10-14)22-15(12-5-3-2-4-6-12)11-16(21-22)17(18,19)20/h3,5-11H,2,4H2,1H3. The van der Waals surface area contributed by atoms with Crippen LogP contribution in [0, 0.1) is 0 Å². The van der Waals surface area contributed by atoms with Crippen molar-refractivity contribution in [3.8, 4) is 5.69 Å². The first-order valence-corrected chi connectivity index (χ1v) is 9.40. The predicted octanol–water partition coefficient (Wildman–Crippen LogP) is 4.03. The summed E-state index contributed by atoms with van der Waals surface area (Å²) in [7, 11) is -3.38. The van der Waals surface area contributed by atoms with E-state index < -0.39 is 21.7 Å². The van der Waals surface area contributed by atoms with Gasteiger partial charge in [0.15, 0.2) is 15.5 Å². The van der Waals surface area contributed by atoms with Gasteiger partial charge in [-0.05, 0) is 48.7 Å². The topological polar surface area (TPSA) is 52.0 Å². The average Bonchev–Trinajstić information content (AvgIpc) is 3.00. The van der Waals surface area contributed by atoms with Crippen molar-refractivity contribution in [3.63, 3.8) is 0 Å². The second-order valence-electron chi connectivity index (χ2n) is 5.73. The number of alkyl halides is 3. The van der Waals surface area contributed by atoms with Gasteiger partial charge in [-0.2, -0.15) is 18.3 Å². The minimum atomic E-state index is -4.56. The Morgan fingerprint density at radius 3 is 2.32 bits per heavy atom. The molecule has 1 aliphatic rings. The summed E-state index contributed by atoms with van der Waals surface area (Å²) in [6.45, 7) is 0. The van der Waals surface area contributed by atoms with Crippen molar-refractivity contribution < 1.29 is 21.6 Å². The minimum absolute atomic E-state index is 0.0952. The monoisotopic (exact) mass is 368 g/mol. The van der Waals surface area contributed by atoms with Crippen LogP contribution in [0.3, 0.4) is 0 Å². The van der Waals surface area contributed by atoms with Crippen molar-refractivity contribution in [2.24, 2.45) is 0 Å². The largest absolute Gasteiger partial charge is 0.435 e. The number of nitrogens with zero attached hydrogens (tertiary/aromatic N) is 2. The summed E-state index contributed by atoms with van der Waals surface area (Å²) in [5, 5.41) is 3.69. The molecule has 2 aromatic rings. The van der Waals surface area contributed by atoms with E-state index in [0.717, 1.165) is 25.2 Å². The van der Waals surface area contributed by atoms with E-state index in [4.69, 9.17) is 0 Å². The van der Waals surface area contributed by atoms with Crippen LogP contribution in [0.5, 0.6) is 0 Å². The molecule has 0 unspecified atom stereocenters. The summed E-state index contributed by atoms with van der Waals surface area (Å²) < 4.78 is 63.5. The van der Waals surface area contributed by atoms with Gasteiger partial charge in [0.25, 0.3) is 0 Å². The lowest BCUT2D eigenvalue weighted by Gasteiger charge is -2.11. The SMILES string of the molecule is CS(=O)(=O)c1ccc(-n2nc(C(F)(F)F)cc2C2=CCCC=C2)cc1. The van der Waals surface area contributed by atoms with E-state index in [1.807, 2.05) is 12.2 Å². The van der Waals surface area contributed by atoms with Crippen LogP contribution in [-0.4, -0.2) is 24.5 Å². The normalized spacial score (nSPS) is 15.3. The van der Waals surface area contributed by atoms with Crippen LogP contribution in [0.1, 0.15) is 24.2 Å². The van der Waals surface area contributed by atoms with Gasteiger partial charge in [-0.3, -0.25) is 0 Å². The van der Waals surface area contributed by atoms with Crippen LogP contribution in [-0.2, 0) is 16.0 Å². The number of halogens is 3. The van der Waals surface area contributed by atoms with Gasteiger partial charge in [0.05, 0.1) is 16.3 Å². The summed E-state index contributed by atoms with van der Waals surface area (Å²) in [5.74, 6) is 0. The summed E-state index contributed by atoms with van der Waals surface area (Å²) >= 11 is 0. The number of hydrogen-bond acceptors (Lipinski definition) is 3. The molecular formula is C17H15F3N2O2S. The molecule has 0 radical (unpaired) electrons. The van der Waals surface area contributed by atoms with Gasteiger partial charge in [-0.1, -0.05) is 18.2 Å². The van der Waals surface area contributed by atoms with Crippen LogP contribution in [0.2, 0.25) is 0 Å². The second kappa shape index (κ2) is 6.18. The molecule has 4 nitrogen and oxygen atoms in total. The molecule has 0 bridgehead atoms. The Kier molecular flexibility index (Phi) is 4.32. The van der Waals surface area contributed by atoms with Crippen molar-refractivity contribution in [2.45, 2.75) is 23.9 Å². The highest BCUT2D eigenvalue weighted by Gasteiger charge is 2.35. The molecule has 1 heterocycles. The zero-order chi connectivity index (χ0) is 18.2. The lowest BCUT2D eigenvalue weighted by Crippen LogP contribution is -2.08. The number of hydrogen-bond donors (Lipinski definition) is 0. The summed E-state index contributed by atoms with van der Waals surface area (Å²) in [6, 6.07) is 6.61. The number of benzene rings is 1. The van der Waals surface area contributed by atoms with Gasteiger partial charge < -0.3 is 0 Å². The van der Waals surface area contributed by atoms with Crippen LogP contribution >= 0.6 is 0 Å². The first-order chi connectivity index (χ1) is 11.7. The van der Waals surface area contributed by atoms with Crippen LogP contribution in [0.15, 0.2) is 53.5 Å². The summed E-state index contributed by atoms with van der Waals surface area (Å²) in [4.78, 5) is 0.0952. The lowest BCUT2D eigenvalue weighted by molar-refractivity contribution is -0.141. The molecule has 3 rings (SSSR count). The molecule has 1 aromatic carbocycles. The molecule has 0 amide bonds. The zero-order valence-corrected chi connectivity index (χ0v) is 14.1. The molecule has 25 heavy (non-hydrogen) atoms. The maximum absolute atomic E-state index is 13.1.